The lowest BCUT2D eigenvalue weighted by Gasteiger charge is -2.11. The molecule has 0 aliphatic heterocycles. The third-order valence-electron chi connectivity index (χ3n) is 3.12. The third kappa shape index (κ3) is 6.89. The zero-order valence-electron chi connectivity index (χ0n) is 13.0. The van der Waals surface area contributed by atoms with Gasteiger partial charge in [-0.15, -0.1) is 11.3 Å². The van der Waals surface area contributed by atoms with Crippen LogP contribution in [0, 0.1) is 0 Å². The largest absolute Gasteiger partial charge is 0.356 e. The van der Waals surface area contributed by atoms with E-state index in [9.17, 15) is 0 Å². The van der Waals surface area contributed by atoms with E-state index >= 15 is 0 Å². The molecular weight excluding hydrogens is 268 g/mol. The minimum Gasteiger partial charge on any atom is -0.356 e. The van der Waals surface area contributed by atoms with Gasteiger partial charge in [-0.1, -0.05) is 33.1 Å². The first-order valence-electron chi connectivity index (χ1n) is 7.67. The maximum atomic E-state index is 4.57. The Labute approximate surface area is 127 Å². The normalized spacial score (nSPS) is 11.7. The van der Waals surface area contributed by atoms with Crippen molar-refractivity contribution < 1.29 is 0 Å². The number of aromatic nitrogens is 1. The summed E-state index contributed by atoms with van der Waals surface area (Å²) in [4.78, 5) is 8.80. The van der Waals surface area contributed by atoms with Gasteiger partial charge in [-0.05, 0) is 12.8 Å². The molecule has 4 nitrogen and oxygen atoms in total. The van der Waals surface area contributed by atoms with E-state index in [0.29, 0.717) is 0 Å². The van der Waals surface area contributed by atoms with Gasteiger partial charge in [0.25, 0.3) is 0 Å². The molecule has 0 atom stereocenters. The summed E-state index contributed by atoms with van der Waals surface area (Å²) in [6.45, 7) is 6.25. The fourth-order valence-corrected chi connectivity index (χ4v) is 2.69. The number of hydrogen-bond acceptors (Lipinski definition) is 3. The number of unbranched alkanes of at least 4 members (excludes halogenated alkanes) is 3. The van der Waals surface area contributed by atoms with Crippen LogP contribution in [0.4, 0.5) is 0 Å². The van der Waals surface area contributed by atoms with Crippen LogP contribution in [0.1, 0.15) is 50.2 Å². The first-order valence-corrected chi connectivity index (χ1v) is 8.55. The Morgan fingerprint density at radius 2 is 2.00 bits per heavy atom. The van der Waals surface area contributed by atoms with Gasteiger partial charge in [0, 0.05) is 31.9 Å². The van der Waals surface area contributed by atoms with Crippen molar-refractivity contribution in [3.8, 4) is 0 Å². The highest BCUT2D eigenvalue weighted by atomic mass is 32.1. The van der Waals surface area contributed by atoms with Crippen molar-refractivity contribution in [3.05, 3.63) is 16.1 Å². The predicted molar refractivity (Wildman–Crippen MR) is 88.7 cm³/mol. The number of guanidine groups is 1. The third-order valence-corrected chi connectivity index (χ3v) is 4.16. The standard InChI is InChI=1S/C15H28N4S/c1-4-6-7-8-10-17-15(16-3)18-11-9-13-12-20-14(5-2)19-13/h12H,4-11H2,1-3H3,(H2,16,17,18). The van der Waals surface area contributed by atoms with E-state index in [2.05, 4.69) is 39.8 Å². The molecule has 0 amide bonds. The first-order chi connectivity index (χ1) is 9.80. The minimum absolute atomic E-state index is 0.877. The van der Waals surface area contributed by atoms with Crippen LogP contribution >= 0.6 is 11.3 Å². The van der Waals surface area contributed by atoms with Crippen LogP contribution in [0.15, 0.2) is 10.4 Å². The second-order valence-corrected chi connectivity index (χ2v) is 5.77. The molecule has 20 heavy (non-hydrogen) atoms. The Kier molecular flexibility index (Phi) is 9.04. The van der Waals surface area contributed by atoms with Crippen molar-refractivity contribution in [2.24, 2.45) is 4.99 Å². The maximum absolute atomic E-state index is 4.57. The van der Waals surface area contributed by atoms with E-state index in [4.69, 9.17) is 0 Å². The molecule has 1 rings (SSSR count). The quantitative estimate of drug-likeness (QED) is 0.418. The summed E-state index contributed by atoms with van der Waals surface area (Å²) in [6, 6.07) is 0. The highest BCUT2D eigenvalue weighted by Gasteiger charge is 2.01. The van der Waals surface area contributed by atoms with E-state index in [1.165, 1.54) is 36.4 Å². The van der Waals surface area contributed by atoms with E-state index in [-0.39, 0.29) is 0 Å². The Hall–Kier alpha value is -1.10. The Morgan fingerprint density at radius 3 is 2.65 bits per heavy atom. The molecule has 1 aromatic heterocycles. The number of aliphatic imine (C=N–C) groups is 1. The van der Waals surface area contributed by atoms with Gasteiger partial charge < -0.3 is 10.6 Å². The number of aryl methyl sites for hydroxylation is 1. The van der Waals surface area contributed by atoms with Gasteiger partial charge >= 0.3 is 0 Å². The average Bonchev–Trinajstić information content (AvgIpc) is 2.93. The Morgan fingerprint density at radius 1 is 1.20 bits per heavy atom. The minimum atomic E-state index is 0.877. The molecule has 1 heterocycles. The van der Waals surface area contributed by atoms with Crippen LogP contribution in [-0.2, 0) is 12.8 Å². The lowest BCUT2D eigenvalue weighted by Crippen LogP contribution is -2.38. The van der Waals surface area contributed by atoms with Crippen LogP contribution in [-0.4, -0.2) is 31.1 Å². The highest BCUT2D eigenvalue weighted by molar-refractivity contribution is 7.09. The fraction of sp³-hybridized carbons (Fsp3) is 0.733. The number of rotatable bonds is 9. The Balaban J connectivity index is 2.14. The molecule has 0 aliphatic carbocycles. The van der Waals surface area contributed by atoms with Gasteiger partial charge in [-0.3, -0.25) is 4.99 Å². The Bertz CT molecular complexity index is 387. The van der Waals surface area contributed by atoms with Crippen molar-refractivity contribution in [2.45, 2.75) is 52.4 Å². The molecule has 0 fully saturated rings. The molecule has 0 bridgehead atoms. The van der Waals surface area contributed by atoms with Gasteiger partial charge in [0.2, 0.25) is 0 Å². The number of hydrogen-bond donors (Lipinski definition) is 2. The van der Waals surface area contributed by atoms with Gasteiger partial charge in [0.05, 0.1) is 10.7 Å². The summed E-state index contributed by atoms with van der Waals surface area (Å²) in [5.41, 5.74) is 1.18. The summed E-state index contributed by atoms with van der Waals surface area (Å²) in [5, 5.41) is 10.1. The van der Waals surface area contributed by atoms with Crippen molar-refractivity contribution in [2.75, 3.05) is 20.1 Å². The molecule has 0 aromatic carbocycles. The smallest absolute Gasteiger partial charge is 0.190 e. The van der Waals surface area contributed by atoms with Gasteiger partial charge in [-0.25, -0.2) is 4.98 Å². The molecule has 0 spiro atoms. The molecule has 0 aliphatic rings. The fourth-order valence-electron chi connectivity index (χ4n) is 1.91. The van der Waals surface area contributed by atoms with Crippen molar-refractivity contribution in [3.63, 3.8) is 0 Å². The SMILES string of the molecule is CCCCCCNC(=NC)NCCc1csc(CC)n1. The van der Waals surface area contributed by atoms with E-state index in [1.54, 1.807) is 11.3 Å². The zero-order valence-corrected chi connectivity index (χ0v) is 13.9. The topological polar surface area (TPSA) is 49.3 Å². The van der Waals surface area contributed by atoms with Crippen molar-refractivity contribution in [1.29, 1.82) is 0 Å². The highest BCUT2D eigenvalue weighted by Crippen LogP contribution is 2.10. The molecule has 0 unspecified atom stereocenters. The van der Waals surface area contributed by atoms with E-state index < -0.39 is 0 Å². The number of thiazole rings is 1. The summed E-state index contributed by atoms with van der Waals surface area (Å²) in [6.07, 6.45) is 7.07. The van der Waals surface area contributed by atoms with Gasteiger partial charge in [0.1, 0.15) is 0 Å². The monoisotopic (exact) mass is 296 g/mol. The molecular formula is C15H28N4S. The first kappa shape index (κ1) is 17.0. The molecule has 0 saturated heterocycles. The molecule has 2 N–H and O–H groups in total. The lowest BCUT2D eigenvalue weighted by molar-refractivity contribution is 0.646. The van der Waals surface area contributed by atoms with Crippen molar-refractivity contribution >= 4 is 17.3 Å². The van der Waals surface area contributed by atoms with Crippen LogP contribution in [0.2, 0.25) is 0 Å². The van der Waals surface area contributed by atoms with Gasteiger partial charge in [0.15, 0.2) is 5.96 Å². The average molecular weight is 296 g/mol. The lowest BCUT2D eigenvalue weighted by atomic mass is 10.2. The molecule has 114 valence electrons. The van der Waals surface area contributed by atoms with Crippen LogP contribution in [0.3, 0.4) is 0 Å². The van der Waals surface area contributed by atoms with E-state index in [0.717, 1.165) is 31.9 Å². The predicted octanol–water partition coefficient (Wildman–Crippen LogP) is 2.99. The van der Waals surface area contributed by atoms with Crippen LogP contribution < -0.4 is 10.6 Å². The summed E-state index contributed by atoms with van der Waals surface area (Å²) < 4.78 is 0. The molecule has 1 aromatic rings. The van der Waals surface area contributed by atoms with Crippen LogP contribution in [0.5, 0.6) is 0 Å². The molecule has 0 radical (unpaired) electrons. The summed E-state index contributed by atoms with van der Waals surface area (Å²) in [7, 11) is 1.82. The summed E-state index contributed by atoms with van der Waals surface area (Å²) in [5.74, 6) is 0.896. The molecule has 0 saturated carbocycles. The van der Waals surface area contributed by atoms with E-state index in [1.807, 2.05) is 7.05 Å². The summed E-state index contributed by atoms with van der Waals surface area (Å²) >= 11 is 1.75. The zero-order chi connectivity index (χ0) is 14.6. The van der Waals surface area contributed by atoms with Gasteiger partial charge in [-0.2, -0.15) is 0 Å². The molecule has 5 heteroatoms. The second-order valence-electron chi connectivity index (χ2n) is 4.82. The second kappa shape index (κ2) is 10.7. The number of nitrogens with one attached hydrogen (secondary N) is 2. The van der Waals surface area contributed by atoms with Crippen LogP contribution in [0.25, 0.3) is 0 Å². The maximum Gasteiger partial charge on any atom is 0.190 e. The van der Waals surface area contributed by atoms with Crippen molar-refractivity contribution in [1.82, 2.24) is 15.6 Å². The number of nitrogens with zero attached hydrogens (tertiary/aromatic N) is 2.